The summed E-state index contributed by atoms with van der Waals surface area (Å²) in [5.74, 6) is 1.97. The van der Waals surface area contributed by atoms with Crippen LogP contribution in [0, 0.1) is 0 Å². The van der Waals surface area contributed by atoms with E-state index in [9.17, 15) is 4.21 Å². The minimum Gasteiger partial charge on any atom is -0.467 e. The van der Waals surface area contributed by atoms with E-state index in [-0.39, 0.29) is 18.0 Å². The molecule has 1 fully saturated rings. The molecule has 1 aliphatic heterocycles. The molecular weight excluding hydrogens is 242 g/mol. The lowest BCUT2D eigenvalue weighted by Crippen LogP contribution is -2.30. The van der Waals surface area contributed by atoms with Crippen molar-refractivity contribution in [3.63, 3.8) is 0 Å². The molecule has 2 rings (SSSR count). The van der Waals surface area contributed by atoms with Crippen LogP contribution in [0.4, 0.5) is 11.9 Å². The molecular formula is C9H15N5O2S. The van der Waals surface area contributed by atoms with Crippen molar-refractivity contribution >= 4 is 22.7 Å². The molecule has 2 heterocycles. The number of anilines is 2. The first-order valence-electron chi connectivity index (χ1n) is 5.34. The second-order valence-corrected chi connectivity index (χ2v) is 5.47. The van der Waals surface area contributed by atoms with Crippen LogP contribution < -0.4 is 15.8 Å². The van der Waals surface area contributed by atoms with Gasteiger partial charge in [-0.3, -0.25) is 4.21 Å². The molecule has 1 saturated heterocycles. The van der Waals surface area contributed by atoms with E-state index in [4.69, 9.17) is 10.5 Å². The third-order valence-corrected chi connectivity index (χ3v) is 3.92. The van der Waals surface area contributed by atoms with E-state index >= 15 is 0 Å². The third kappa shape index (κ3) is 3.26. The van der Waals surface area contributed by atoms with E-state index in [2.05, 4.69) is 20.3 Å². The lowest BCUT2D eigenvalue weighted by molar-refractivity contribution is 0.379. The van der Waals surface area contributed by atoms with Crippen molar-refractivity contribution in [2.75, 3.05) is 29.7 Å². The monoisotopic (exact) mass is 257 g/mol. The average molecular weight is 257 g/mol. The molecule has 0 aliphatic carbocycles. The summed E-state index contributed by atoms with van der Waals surface area (Å²) in [7, 11) is 0.803. The number of nitrogens with zero attached hydrogens (tertiary/aromatic N) is 3. The molecule has 1 aliphatic rings. The highest BCUT2D eigenvalue weighted by Crippen LogP contribution is 2.15. The topological polar surface area (TPSA) is 103 Å². The van der Waals surface area contributed by atoms with Gasteiger partial charge >= 0.3 is 6.01 Å². The SMILES string of the molecule is COc1nc(N)nc(NC2CCS(=O)CC2)n1. The fraction of sp³-hybridized carbons (Fsp3) is 0.667. The molecule has 1 aromatic heterocycles. The quantitative estimate of drug-likeness (QED) is 0.772. The number of rotatable bonds is 3. The van der Waals surface area contributed by atoms with E-state index in [1.807, 2.05) is 0 Å². The van der Waals surface area contributed by atoms with Crippen molar-refractivity contribution in [1.82, 2.24) is 15.0 Å². The predicted octanol–water partition coefficient (Wildman–Crippen LogP) is -0.215. The number of nitrogen functional groups attached to an aromatic ring is 1. The number of nitrogens with one attached hydrogen (secondary N) is 1. The summed E-state index contributed by atoms with van der Waals surface area (Å²) >= 11 is 0. The second-order valence-electron chi connectivity index (χ2n) is 3.77. The van der Waals surface area contributed by atoms with Crippen LogP contribution >= 0.6 is 0 Å². The Bertz CT molecular complexity index is 418. The maximum atomic E-state index is 11.2. The molecule has 0 radical (unpaired) electrons. The van der Waals surface area contributed by atoms with E-state index in [0.717, 1.165) is 24.3 Å². The highest BCUT2D eigenvalue weighted by molar-refractivity contribution is 7.85. The Morgan fingerprint density at radius 3 is 2.71 bits per heavy atom. The smallest absolute Gasteiger partial charge is 0.322 e. The summed E-state index contributed by atoms with van der Waals surface area (Å²) in [5, 5.41) is 3.16. The van der Waals surface area contributed by atoms with E-state index in [1.54, 1.807) is 0 Å². The Morgan fingerprint density at radius 1 is 1.35 bits per heavy atom. The van der Waals surface area contributed by atoms with Crippen LogP contribution in [0.25, 0.3) is 0 Å². The van der Waals surface area contributed by atoms with E-state index in [0.29, 0.717) is 5.95 Å². The molecule has 17 heavy (non-hydrogen) atoms. The predicted molar refractivity (Wildman–Crippen MR) is 65.3 cm³/mol. The lowest BCUT2D eigenvalue weighted by Gasteiger charge is -2.22. The van der Waals surface area contributed by atoms with Crippen LogP contribution in [-0.4, -0.2) is 43.8 Å². The van der Waals surface area contributed by atoms with Gasteiger partial charge in [0.25, 0.3) is 0 Å². The van der Waals surface area contributed by atoms with E-state index < -0.39 is 10.8 Å². The third-order valence-electron chi connectivity index (χ3n) is 2.54. The standard InChI is InChI=1S/C9H15N5O2S/c1-16-9-13-7(10)12-8(14-9)11-6-2-4-17(15)5-3-6/h6H,2-5H2,1H3,(H3,10,11,12,13,14). The number of ether oxygens (including phenoxy) is 1. The minimum absolute atomic E-state index is 0.124. The Morgan fingerprint density at radius 2 is 2.06 bits per heavy atom. The Labute approximate surface area is 102 Å². The number of hydrogen-bond acceptors (Lipinski definition) is 7. The zero-order valence-corrected chi connectivity index (χ0v) is 10.4. The lowest BCUT2D eigenvalue weighted by atomic mass is 10.2. The van der Waals surface area contributed by atoms with Gasteiger partial charge in [0.2, 0.25) is 11.9 Å². The van der Waals surface area contributed by atoms with Gasteiger partial charge in [-0.25, -0.2) is 0 Å². The first kappa shape index (κ1) is 12.0. The Hall–Kier alpha value is -1.44. The molecule has 0 spiro atoms. The zero-order chi connectivity index (χ0) is 12.3. The Kier molecular flexibility index (Phi) is 3.72. The van der Waals surface area contributed by atoms with Crippen LogP contribution in [0.1, 0.15) is 12.8 Å². The van der Waals surface area contributed by atoms with Crippen molar-refractivity contribution < 1.29 is 8.95 Å². The second kappa shape index (κ2) is 5.26. The summed E-state index contributed by atoms with van der Waals surface area (Å²) < 4.78 is 16.1. The van der Waals surface area contributed by atoms with Gasteiger partial charge in [-0.1, -0.05) is 0 Å². The van der Waals surface area contributed by atoms with Gasteiger partial charge in [0.15, 0.2) is 0 Å². The maximum absolute atomic E-state index is 11.2. The van der Waals surface area contributed by atoms with Gasteiger partial charge in [-0.2, -0.15) is 15.0 Å². The van der Waals surface area contributed by atoms with Crippen molar-refractivity contribution in [2.45, 2.75) is 18.9 Å². The summed E-state index contributed by atoms with van der Waals surface area (Å²) in [6.45, 7) is 0. The van der Waals surface area contributed by atoms with Gasteiger partial charge in [-0.15, -0.1) is 0 Å². The highest BCUT2D eigenvalue weighted by Gasteiger charge is 2.18. The van der Waals surface area contributed by atoms with Gasteiger partial charge < -0.3 is 15.8 Å². The minimum atomic E-state index is -0.672. The van der Waals surface area contributed by atoms with Gasteiger partial charge in [0.1, 0.15) is 0 Å². The Balaban J connectivity index is 2.02. The molecule has 3 N–H and O–H groups in total. The number of aromatic nitrogens is 3. The van der Waals surface area contributed by atoms with Crippen LogP contribution in [0.2, 0.25) is 0 Å². The molecule has 94 valence electrons. The molecule has 7 nitrogen and oxygen atoms in total. The molecule has 0 amide bonds. The van der Waals surface area contributed by atoms with Crippen molar-refractivity contribution in [1.29, 1.82) is 0 Å². The van der Waals surface area contributed by atoms with Crippen molar-refractivity contribution in [3.05, 3.63) is 0 Å². The first-order chi connectivity index (χ1) is 8.17. The molecule has 0 atom stereocenters. The van der Waals surface area contributed by atoms with Crippen molar-refractivity contribution in [2.24, 2.45) is 0 Å². The van der Waals surface area contributed by atoms with Crippen LogP contribution in [0.5, 0.6) is 6.01 Å². The number of hydrogen-bond donors (Lipinski definition) is 2. The van der Waals surface area contributed by atoms with Gasteiger partial charge in [0.05, 0.1) is 7.11 Å². The highest BCUT2D eigenvalue weighted by atomic mass is 32.2. The molecule has 0 bridgehead atoms. The van der Waals surface area contributed by atoms with Crippen LogP contribution in [0.3, 0.4) is 0 Å². The average Bonchev–Trinajstić information content (AvgIpc) is 2.31. The van der Waals surface area contributed by atoms with Gasteiger partial charge in [-0.05, 0) is 12.8 Å². The zero-order valence-electron chi connectivity index (χ0n) is 9.55. The summed E-state index contributed by atoms with van der Waals surface area (Å²) in [6, 6.07) is 0.429. The summed E-state index contributed by atoms with van der Waals surface area (Å²) in [4.78, 5) is 11.8. The largest absolute Gasteiger partial charge is 0.467 e. The van der Waals surface area contributed by atoms with Crippen molar-refractivity contribution in [3.8, 4) is 6.01 Å². The summed E-state index contributed by atoms with van der Waals surface area (Å²) in [5.41, 5.74) is 5.53. The molecule has 0 unspecified atom stereocenters. The fourth-order valence-electron chi connectivity index (χ4n) is 1.65. The molecule has 8 heteroatoms. The normalized spacial score (nSPS) is 24.3. The number of methoxy groups -OCH3 is 1. The molecule has 1 aromatic rings. The van der Waals surface area contributed by atoms with Crippen LogP contribution in [0.15, 0.2) is 0 Å². The molecule has 0 saturated carbocycles. The summed E-state index contributed by atoms with van der Waals surface area (Å²) in [6.07, 6.45) is 1.70. The van der Waals surface area contributed by atoms with Gasteiger partial charge in [0, 0.05) is 28.3 Å². The fourth-order valence-corrected chi connectivity index (χ4v) is 2.95. The number of nitrogens with two attached hydrogens (primary N) is 1. The van der Waals surface area contributed by atoms with Crippen LogP contribution in [-0.2, 0) is 10.8 Å². The maximum Gasteiger partial charge on any atom is 0.322 e. The van der Waals surface area contributed by atoms with E-state index in [1.165, 1.54) is 7.11 Å². The first-order valence-corrected chi connectivity index (χ1v) is 6.83. The molecule has 0 aromatic carbocycles.